The van der Waals surface area contributed by atoms with Crippen LogP contribution in [0.2, 0.25) is 5.02 Å². The van der Waals surface area contributed by atoms with Gasteiger partial charge in [-0.1, -0.05) is 17.7 Å². The van der Waals surface area contributed by atoms with Crippen LogP contribution in [0.5, 0.6) is 5.75 Å². The first kappa shape index (κ1) is 13.8. The van der Waals surface area contributed by atoms with E-state index in [1.807, 2.05) is 19.9 Å². The first-order valence-electron chi connectivity index (χ1n) is 5.49. The lowest BCUT2D eigenvalue weighted by Crippen LogP contribution is -2.28. The zero-order valence-corrected chi connectivity index (χ0v) is 10.8. The van der Waals surface area contributed by atoms with Crippen molar-refractivity contribution in [2.75, 3.05) is 13.2 Å². The van der Waals surface area contributed by atoms with E-state index in [1.54, 1.807) is 12.1 Å². The summed E-state index contributed by atoms with van der Waals surface area (Å²) in [4.78, 5) is 11.2. The normalized spacial score (nSPS) is 12.0. The number of carbonyl (C=O) groups excluding carboxylic acids is 1. The van der Waals surface area contributed by atoms with Crippen molar-refractivity contribution in [3.63, 3.8) is 0 Å². The van der Waals surface area contributed by atoms with Gasteiger partial charge in [0.1, 0.15) is 5.75 Å². The Balaban J connectivity index is 2.63. The van der Waals surface area contributed by atoms with E-state index in [0.717, 1.165) is 5.56 Å². The van der Waals surface area contributed by atoms with Crippen molar-refractivity contribution < 1.29 is 9.53 Å². The predicted octanol–water partition coefficient (Wildman–Crippen LogP) is 1.87. The van der Waals surface area contributed by atoms with E-state index in [1.165, 1.54) is 0 Å². The van der Waals surface area contributed by atoms with Gasteiger partial charge in [0.05, 0.1) is 5.02 Å². The van der Waals surface area contributed by atoms with Crippen LogP contribution >= 0.6 is 11.6 Å². The maximum absolute atomic E-state index is 11.2. The molecule has 3 N–H and O–H groups in total. The first-order chi connectivity index (χ1) is 8.04. The van der Waals surface area contributed by atoms with Crippen molar-refractivity contribution in [1.29, 1.82) is 0 Å². The van der Waals surface area contributed by atoms with Crippen molar-refractivity contribution in [2.45, 2.75) is 19.9 Å². The molecule has 0 spiro atoms. The van der Waals surface area contributed by atoms with Gasteiger partial charge in [-0.25, -0.2) is 0 Å². The minimum atomic E-state index is -0.167. The zero-order chi connectivity index (χ0) is 12.8. The van der Waals surface area contributed by atoms with Gasteiger partial charge in [0.25, 0.3) is 5.91 Å². The van der Waals surface area contributed by atoms with E-state index in [0.29, 0.717) is 17.3 Å². The van der Waals surface area contributed by atoms with Gasteiger partial charge >= 0.3 is 0 Å². The molecule has 1 atom stereocenters. The van der Waals surface area contributed by atoms with Gasteiger partial charge in [0.2, 0.25) is 0 Å². The van der Waals surface area contributed by atoms with Crippen LogP contribution in [0, 0.1) is 0 Å². The number of hydrogen-bond acceptors (Lipinski definition) is 3. The molecule has 1 aromatic carbocycles. The molecule has 94 valence electrons. The molecule has 0 saturated carbocycles. The lowest BCUT2D eigenvalue weighted by atomic mass is 10.1. The molecule has 0 radical (unpaired) electrons. The lowest BCUT2D eigenvalue weighted by Gasteiger charge is -2.11. The van der Waals surface area contributed by atoms with Crippen LogP contribution in [0.25, 0.3) is 0 Å². The average molecular weight is 257 g/mol. The molecule has 1 amide bonds. The number of ether oxygens (including phenoxy) is 1. The largest absolute Gasteiger partial charge is 0.482 e. The Labute approximate surface area is 106 Å². The summed E-state index contributed by atoms with van der Waals surface area (Å²) in [5.41, 5.74) is 6.66. The Kier molecular flexibility index (Phi) is 5.25. The monoisotopic (exact) mass is 256 g/mol. The number of nitrogens with one attached hydrogen (secondary N) is 1. The molecule has 0 heterocycles. The second-order valence-corrected chi connectivity index (χ2v) is 4.13. The summed E-state index contributed by atoms with van der Waals surface area (Å²) in [6.07, 6.45) is 0. The maximum Gasteiger partial charge on any atom is 0.257 e. The molecule has 0 fully saturated rings. The first-order valence-corrected chi connectivity index (χ1v) is 5.87. The highest BCUT2D eigenvalue weighted by Crippen LogP contribution is 2.27. The molecule has 0 aromatic heterocycles. The zero-order valence-electron chi connectivity index (χ0n) is 10.00. The fourth-order valence-electron chi connectivity index (χ4n) is 1.31. The molecule has 5 heteroatoms. The summed E-state index contributed by atoms with van der Waals surface area (Å²) >= 11 is 6.02. The molecule has 0 aliphatic carbocycles. The summed E-state index contributed by atoms with van der Waals surface area (Å²) in [6.45, 7) is 4.27. The maximum atomic E-state index is 11.2. The van der Waals surface area contributed by atoms with E-state index in [9.17, 15) is 4.79 Å². The number of amides is 1. The summed E-state index contributed by atoms with van der Waals surface area (Å²) in [5, 5.41) is 3.10. The molecule has 1 aromatic rings. The van der Waals surface area contributed by atoms with Crippen LogP contribution < -0.4 is 15.8 Å². The average Bonchev–Trinajstić information content (AvgIpc) is 2.27. The van der Waals surface area contributed by atoms with Crippen LogP contribution in [0.4, 0.5) is 0 Å². The topological polar surface area (TPSA) is 64.3 Å². The third kappa shape index (κ3) is 4.24. The summed E-state index contributed by atoms with van der Waals surface area (Å²) < 4.78 is 5.30. The highest BCUT2D eigenvalue weighted by molar-refractivity contribution is 6.32. The Hall–Kier alpha value is -1.26. The fourth-order valence-corrected chi connectivity index (χ4v) is 1.55. The van der Waals surface area contributed by atoms with Crippen LogP contribution in [0.15, 0.2) is 18.2 Å². The van der Waals surface area contributed by atoms with Gasteiger partial charge in [-0.05, 0) is 31.5 Å². The minimum Gasteiger partial charge on any atom is -0.482 e. The van der Waals surface area contributed by atoms with Crippen molar-refractivity contribution in [2.24, 2.45) is 5.73 Å². The number of hydrogen-bond donors (Lipinski definition) is 2. The van der Waals surface area contributed by atoms with Gasteiger partial charge in [0.15, 0.2) is 6.61 Å². The Bertz CT molecular complexity index is 394. The molecule has 4 nitrogen and oxygen atoms in total. The third-order valence-electron chi connectivity index (χ3n) is 2.21. The van der Waals surface area contributed by atoms with Crippen LogP contribution in [0.3, 0.4) is 0 Å². The molecule has 0 saturated heterocycles. The predicted molar refractivity (Wildman–Crippen MR) is 68.2 cm³/mol. The standard InChI is InChI=1S/C12H17ClN2O2/c1-3-15-12(16)7-17-11-5-4-9(8(2)14)6-10(11)13/h4-6,8H,3,7,14H2,1-2H3,(H,15,16)/t8-/m1/s1. The van der Waals surface area contributed by atoms with Gasteiger partial charge in [0, 0.05) is 12.6 Å². The van der Waals surface area contributed by atoms with E-state index in [2.05, 4.69) is 5.32 Å². The van der Waals surface area contributed by atoms with E-state index in [-0.39, 0.29) is 18.6 Å². The Morgan fingerprint density at radius 3 is 2.82 bits per heavy atom. The number of halogens is 1. The molecule has 0 aliphatic heterocycles. The third-order valence-corrected chi connectivity index (χ3v) is 2.51. The van der Waals surface area contributed by atoms with Crippen LogP contribution in [-0.2, 0) is 4.79 Å². The van der Waals surface area contributed by atoms with E-state index in [4.69, 9.17) is 22.1 Å². The van der Waals surface area contributed by atoms with Gasteiger partial charge in [-0.3, -0.25) is 4.79 Å². The lowest BCUT2D eigenvalue weighted by molar-refractivity contribution is -0.122. The number of likely N-dealkylation sites (N-methyl/N-ethyl adjacent to an activating group) is 1. The quantitative estimate of drug-likeness (QED) is 0.845. The molecule has 0 bridgehead atoms. The molecular formula is C12H17ClN2O2. The number of carbonyl (C=O) groups is 1. The van der Waals surface area contributed by atoms with Crippen molar-refractivity contribution in [3.05, 3.63) is 28.8 Å². The SMILES string of the molecule is CCNC(=O)COc1ccc([C@@H](C)N)cc1Cl. The number of rotatable bonds is 5. The van der Waals surface area contributed by atoms with Gasteiger partial charge < -0.3 is 15.8 Å². The molecule has 1 rings (SSSR count). The highest BCUT2D eigenvalue weighted by atomic mass is 35.5. The Morgan fingerprint density at radius 2 is 2.29 bits per heavy atom. The van der Waals surface area contributed by atoms with Crippen molar-refractivity contribution in [3.8, 4) is 5.75 Å². The second kappa shape index (κ2) is 6.47. The number of benzene rings is 1. The van der Waals surface area contributed by atoms with Crippen molar-refractivity contribution in [1.82, 2.24) is 5.32 Å². The molecular weight excluding hydrogens is 240 g/mol. The van der Waals surface area contributed by atoms with Gasteiger partial charge in [-0.15, -0.1) is 0 Å². The summed E-state index contributed by atoms with van der Waals surface area (Å²) in [6, 6.07) is 5.23. The molecule has 17 heavy (non-hydrogen) atoms. The van der Waals surface area contributed by atoms with Crippen LogP contribution in [0.1, 0.15) is 25.5 Å². The van der Waals surface area contributed by atoms with E-state index >= 15 is 0 Å². The highest BCUT2D eigenvalue weighted by Gasteiger charge is 2.07. The number of nitrogens with two attached hydrogens (primary N) is 1. The summed E-state index contributed by atoms with van der Waals surface area (Å²) in [5.74, 6) is 0.321. The van der Waals surface area contributed by atoms with Crippen molar-refractivity contribution >= 4 is 17.5 Å². The Morgan fingerprint density at radius 1 is 1.59 bits per heavy atom. The minimum absolute atomic E-state index is 0.0366. The van der Waals surface area contributed by atoms with Crippen LogP contribution in [-0.4, -0.2) is 19.1 Å². The molecule has 0 aliphatic rings. The summed E-state index contributed by atoms with van der Waals surface area (Å²) in [7, 11) is 0. The smallest absolute Gasteiger partial charge is 0.257 e. The second-order valence-electron chi connectivity index (χ2n) is 3.72. The fraction of sp³-hybridized carbons (Fsp3) is 0.417. The van der Waals surface area contributed by atoms with E-state index < -0.39 is 0 Å². The molecule has 0 unspecified atom stereocenters. The van der Waals surface area contributed by atoms with Gasteiger partial charge in [-0.2, -0.15) is 0 Å².